The van der Waals surface area contributed by atoms with Gasteiger partial charge >= 0.3 is 0 Å². The number of carbonyl (C=O) groups is 1. The molecule has 14 heavy (non-hydrogen) atoms. The number of aliphatic hydroxyl groups excluding tert-OH is 1. The van der Waals surface area contributed by atoms with E-state index in [-0.39, 0.29) is 17.2 Å². The van der Waals surface area contributed by atoms with E-state index < -0.39 is 0 Å². The summed E-state index contributed by atoms with van der Waals surface area (Å²) in [6.07, 6.45) is 0. The van der Waals surface area contributed by atoms with Crippen molar-refractivity contribution < 1.29 is 9.90 Å². The number of Topliss-reactive ketones (excluding diaryl/α,β-unsaturated/α-hetero) is 1. The molecule has 0 bridgehead atoms. The van der Waals surface area contributed by atoms with Crippen molar-refractivity contribution in [2.24, 2.45) is 0 Å². The van der Waals surface area contributed by atoms with Gasteiger partial charge in [-0.2, -0.15) is 0 Å². The molecule has 0 heterocycles. The first-order valence-electron chi connectivity index (χ1n) is 4.10. The van der Waals surface area contributed by atoms with Crippen LogP contribution < -0.4 is 0 Å². The minimum Gasteiger partial charge on any atom is -0.392 e. The van der Waals surface area contributed by atoms with E-state index in [9.17, 15) is 4.79 Å². The molecule has 1 N–H and O–H groups in total. The second kappa shape index (κ2) is 5.05. The minimum atomic E-state index is -0.345. The fraction of sp³-hybridized carbons (Fsp3) is 0.300. The lowest BCUT2D eigenvalue weighted by atomic mass is 10.0. The summed E-state index contributed by atoms with van der Waals surface area (Å²) in [4.78, 5) is 10.8. The van der Waals surface area contributed by atoms with Crippen LogP contribution in [0, 0.1) is 0 Å². The van der Waals surface area contributed by atoms with Gasteiger partial charge in [0.2, 0.25) is 0 Å². The molecule has 0 aliphatic rings. The Morgan fingerprint density at radius 3 is 2.71 bits per heavy atom. The number of halogens is 2. The van der Waals surface area contributed by atoms with E-state index in [0.717, 1.165) is 15.6 Å². The van der Waals surface area contributed by atoms with Crippen LogP contribution in [-0.4, -0.2) is 10.9 Å². The summed E-state index contributed by atoms with van der Waals surface area (Å²) in [6, 6.07) is 5.48. The Morgan fingerprint density at radius 1 is 1.57 bits per heavy atom. The number of hydrogen-bond donors (Lipinski definition) is 1. The largest absolute Gasteiger partial charge is 0.392 e. The lowest BCUT2D eigenvalue weighted by molar-refractivity contribution is -0.116. The first-order chi connectivity index (χ1) is 6.56. The molecule has 0 amide bonds. The van der Waals surface area contributed by atoms with Crippen molar-refractivity contribution in [1.29, 1.82) is 0 Å². The highest BCUT2D eigenvalue weighted by Crippen LogP contribution is 2.29. The standard InChI is InChI=1S/C10H10Br2O2/c1-6(14)10(12)9-4-8(11)3-2-7(9)5-13/h2-4,10,13H,5H2,1H3. The lowest BCUT2D eigenvalue weighted by Gasteiger charge is -2.11. The summed E-state index contributed by atoms with van der Waals surface area (Å²) in [5.74, 6) is 0.0257. The van der Waals surface area contributed by atoms with Crippen molar-refractivity contribution in [3.8, 4) is 0 Å². The van der Waals surface area contributed by atoms with Crippen LogP contribution in [0.5, 0.6) is 0 Å². The summed E-state index contributed by atoms with van der Waals surface area (Å²) < 4.78 is 0.899. The molecule has 0 saturated heterocycles. The van der Waals surface area contributed by atoms with Crippen LogP contribution in [0.25, 0.3) is 0 Å². The molecule has 0 aliphatic heterocycles. The van der Waals surface area contributed by atoms with Crippen molar-refractivity contribution in [2.75, 3.05) is 0 Å². The van der Waals surface area contributed by atoms with Crippen LogP contribution in [0.15, 0.2) is 22.7 Å². The molecule has 1 rings (SSSR count). The number of rotatable bonds is 3. The molecule has 0 saturated carbocycles. The fourth-order valence-electron chi connectivity index (χ4n) is 1.16. The Hall–Kier alpha value is -0.190. The topological polar surface area (TPSA) is 37.3 Å². The Morgan fingerprint density at radius 2 is 2.21 bits per heavy atom. The van der Waals surface area contributed by atoms with Crippen LogP contribution in [0.3, 0.4) is 0 Å². The molecular weight excluding hydrogens is 312 g/mol. The maximum atomic E-state index is 11.2. The number of carbonyl (C=O) groups excluding carboxylic acids is 1. The molecule has 1 aromatic rings. The van der Waals surface area contributed by atoms with Crippen molar-refractivity contribution in [1.82, 2.24) is 0 Å². The summed E-state index contributed by atoms with van der Waals surface area (Å²) in [5.41, 5.74) is 1.58. The van der Waals surface area contributed by atoms with Gasteiger partial charge in [-0.15, -0.1) is 0 Å². The van der Waals surface area contributed by atoms with Crippen LogP contribution in [0.4, 0.5) is 0 Å². The molecule has 0 radical (unpaired) electrons. The molecule has 0 aliphatic carbocycles. The summed E-state index contributed by atoms with van der Waals surface area (Å²) >= 11 is 6.62. The monoisotopic (exact) mass is 320 g/mol. The third-order valence-corrected chi connectivity index (χ3v) is 3.54. The van der Waals surface area contributed by atoms with Gasteiger partial charge in [-0.3, -0.25) is 4.79 Å². The Labute approximate surface area is 99.6 Å². The zero-order valence-electron chi connectivity index (χ0n) is 7.63. The van der Waals surface area contributed by atoms with Gasteiger partial charge in [-0.25, -0.2) is 0 Å². The van der Waals surface area contributed by atoms with Gasteiger partial charge in [0.05, 0.1) is 11.4 Å². The molecule has 1 atom stereocenters. The van der Waals surface area contributed by atoms with Gasteiger partial charge in [0.25, 0.3) is 0 Å². The normalized spacial score (nSPS) is 12.6. The van der Waals surface area contributed by atoms with E-state index in [0.29, 0.717) is 0 Å². The van der Waals surface area contributed by atoms with Crippen molar-refractivity contribution in [3.05, 3.63) is 33.8 Å². The highest BCUT2D eigenvalue weighted by molar-refractivity contribution is 9.10. The van der Waals surface area contributed by atoms with Gasteiger partial charge in [-0.05, 0) is 30.2 Å². The second-order valence-corrected chi connectivity index (χ2v) is 4.81. The van der Waals surface area contributed by atoms with Gasteiger partial charge in [0, 0.05) is 4.47 Å². The molecule has 4 heteroatoms. The second-order valence-electron chi connectivity index (χ2n) is 2.97. The first kappa shape index (κ1) is 11.9. The van der Waals surface area contributed by atoms with Crippen LogP contribution >= 0.6 is 31.9 Å². The SMILES string of the molecule is CC(=O)C(Br)c1cc(Br)ccc1CO. The quantitative estimate of drug-likeness (QED) is 0.869. The maximum Gasteiger partial charge on any atom is 0.147 e. The third kappa shape index (κ3) is 2.65. The molecule has 2 nitrogen and oxygen atoms in total. The third-order valence-electron chi connectivity index (χ3n) is 1.91. The van der Waals surface area contributed by atoms with E-state index in [2.05, 4.69) is 31.9 Å². The van der Waals surface area contributed by atoms with Gasteiger partial charge in [0.15, 0.2) is 0 Å². The van der Waals surface area contributed by atoms with E-state index in [1.165, 1.54) is 6.92 Å². The first-order valence-corrected chi connectivity index (χ1v) is 5.81. The summed E-state index contributed by atoms with van der Waals surface area (Å²) in [7, 11) is 0. The van der Waals surface area contributed by atoms with Crippen molar-refractivity contribution >= 4 is 37.6 Å². The van der Waals surface area contributed by atoms with Crippen LogP contribution in [0.1, 0.15) is 22.9 Å². The average molecular weight is 322 g/mol. The summed E-state index contributed by atoms with van der Waals surface area (Å²) in [6.45, 7) is 1.46. The van der Waals surface area contributed by atoms with Crippen LogP contribution in [-0.2, 0) is 11.4 Å². The van der Waals surface area contributed by atoms with Crippen molar-refractivity contribution in [2.45, 2.75) is 18.4 Å². The highest BCUT2D eigenvalue weighted by Gasteiger charge is 2.16. The van der Waals surface area contributed by atoms with E-state index >= 15 is 0 Å². The highest BCUT2D eigenvalue weighted by atomic mass is 79.9. The number of hydrogen-bond acceptors (Lipinski definition) is 2. The van der Waals surface area contributed by atoms with E-state index in [1.54, 1.807) is 6.07 Å². The van der Waals surface area contributed by atoms with Gasteiger partial charge < -0.3 is 5.11 Å². The smallest absolute Gasteiger partial charge is 0.147 e. The van der Waals surface area contributed by atoms with E-state index in [1.807, 2.05) is 12.1 Å². The Bertz CT molecular complexity index is 350. The Kier molecular flexibility index (Phi) is 4.29. The molecule has 76 valence electrons. The molecule has 0 spiro atoms. The molecule has 1 aromatic carbocycles. The number of benzene rings is 1. The minimum absolute atomic E-state index is 0.0257. The Balaban J connectivity index is 3.16. The summed E-state index contributed by atoms with van der Waals surface area (Å²) in [5, 5.41) is 9.09. The maximum absolute atomic E-state index is 11.2. The predicted octanol–water partition coefficient (Wildman–Crippen LogP) is 2.97. The number of aliphatic hydroxyl groups is 1. The van der Waals surface area contributed by atoms with Gasteiger partial charge in [-0.1, -0.05) is 37.9 Å². The molecule has 0 fully saturated rings. The zero-order valence-corrected chi connectivity index (χ0v) is 10.8. The van der Waals surface area contributed by atoms with Crippen LogP contribution in [0.2, 0.25) is 0 Å². The average Bonchev–Trinajstić information content (AvgIpc) is 2.16. The number of alkyl halides is 1. The molecule has 0 aromatic heterocycles. The van der Waals surface area contributed by atoms with Gasteiger partial charge in [0.1, 0.15) is 5.78 Å². The predicted molar refractivity (Wildman–Crippen MR) is 62.4 cm³/mol. The van der Waals surface area contributed by atoms with E-state index in [4.69, 9.17) is 5.11 Å². The molecular formula is C10H10Br2O2. The lowest BCUT2D eigenvalue weighted by Crippen LogP contribution is -2.04. The zero-order chi connectivity index (χ0) is 10.7. The molecule has 1 unspecified atom stereocenters. The van der Waals surface area contributed by atoms with Crippen molar-refractivity contribution in [3.63, 3.8) is 0 Å². The fourth-order valence-corrected chi connectivity index (χ4v) is 1.97. The number of ketones is 1.